The van der Waals surface area contributed by atoms with Gasteiger partial charge in [0.15, 0.2) is 11.5 Å². The first-order chi connectivity index (χ1) is 11.4. The lowest BCUT2D eigenvalue weighted by atomic mass is 10.2. The normalized spacial score (nSPS) is 13.2. The summed E-state index contributed by atoms with van der Waals surface area (Å²) in [5.74, 6) is 0.178. The molecule has 1 heterocycles. The molecule has 0 aliphatic heterocycles. The highest BCUT2D eigenvalue weighted by Crippen LogP contribution is 2.30. The second kappa shape index (κ2) is 5.66. The smallest absolute Gasteiger partial charge is 0.258 e. The number of ether oxygens (including phenoxy) is 2. The molecule has 1 aromatic heterocycles. The van der Waals surface area contributed by atoms with Crippen molar-refractivity contribution in [3.63, 3.8) is 0 Å². The molecule has 0 saturated heterocycles. The van der Waals surface area contributed by atoms with Gasteiger partial charge in [0.2, 0.25) is 0 Å². The van der Waals surface area contributed by atoms with E-state index in [4.69, 9.17) is 13.6 Å². The van der Waals surface area contributed by atoms with Crippen LogP contribution in [-0.4, -0.2) is 17.0 Å². The molecule has 0 unspecified atom stereocenters. The third kappa shape index (κ3) is 2.72. The summed E-state index contributed by atoms with van der Waals surface area (Å²) in [5, 5.41) is 0.226. The molecule has 0 bridgehead atoms. The van der Waals surface area contributed by atoms with Gasteiger partial charge in [0, 0.05) is 6.07 Å². The van der Waals surface area contributed by atoms with Crippen LogP contribution in [-0.2, 0) is 6.61 Å². The number of nitrogens with one attached hydrogen (secondary N) is 1. The van der Waals surface area contributed by atoms with Crippen molar-refractivity contribution in [1.82, 2.24) is 9.97 Å². The lowest BCUT2D eigenvalue weighted by Gasteiger charge is -2.11. The number of nitrogens with zero attached hydrogens (tertiary/aromatic N) is 1. The largest absolute Gasteiger partial charge is 0.493 e. The highest BCUT2D eigenvalue weighted by Gasteiger charge is 2.10. The Balaban J connectivity index is 2.00. The van der Waals surface area contributed by atoms with Crippen LogP contribution in [0.25, 0.3) is 10.9 Å². The van der Waals surface area contributed by atoms with Gasteiger partial charge in [-0.05, 0) is 11.6 Å². The van der Waals surface area contributed by atoms with E-state index < -0.39 is 7.04 Å². The molecule has 21 heavy (non-hydrogen) atoms. The molecule has 0 aliphatic carbocycles. The van der Waals surface area contributed by atoms with E-state index in [0.29, 0.717) is 5.52 Å². The maximum Gasteiger partial charge on any atom is 0.258 e. The molecule has 2 aromatic carbocycles. The fourth-order valence-electron chi connectivity index (χ4n) is 2.00. The highest BCUT2D eigenvalue weighted by atomic mass is 16.5. The van der Waals surface area contributed by atoms with Gasteiger partial charge in [-0.3, -0.25) is 4.79 Å². The Morgan fingerprint density at radius 1 is 1.24 bits per heavy atom. The van der Waals surface area contributed by atoms with Gasteiger partial charge in [0.25, 0.3) is 5.56 Å². The maximum absolute atomic E-state index is 11.9. The monoisotopic (exact) mass is 285 g/mol. The van der Waals surface area contributed by atoms with E-state index in [2.05, 4.69) is 9.97 Å². The minimum atomic E-state index is -2.66. The van der Waals surface area contributed by atoms with Crippen LogP contribution in [0.15, 0.2) is 53.6 Å². The summed E-state index contributed by atoms with van der Waals surface area (Å²) < 4.78 is 32.5. The minimum Gasteiger partial charge on any atom is -0.493 e. The molecule has 0 fully saturated rings. The van der Waals surface area contributed by atoms with Crippen LogP contribution in [0.2, 0.25) is 0 Å². The van der Waals surface area contributed by atoms with Gasteiger partial charge in [-0.1, -0.05) is 30.3 Å². The first kappa shape index (κ1) is 9.99. The predicted molar refractivity (Wildman–Crippen MR) is 79.7 cm³/mol. The Bertz CT molecular complexity index is 908. The number of fused-ring (bicyclic) bond motifs is 1. The van der Waals surface area contributed by atoms with E-state index in [0.717, 1.165) is 5.56 Å². The lowest BCUT2D eigenvalue weighted by Crippen LogP contribution is -2.07. The lowest BCUT2D eigenvalue weighted by molar-refractivity contribution is 0.285. The summed E-state index contributed by atoms with van der Waals surface area (Å²) in [6.45, 7) is 0.229. The first-order valence-electron chi connectivity index (χ1n) is 7.79. The molecule has 3 rings (SSSR count). The van der Waals surface area contributed by atoms with Gasteiger partial charge in [-0.15, -0.1) is 0 Å². The standard InChI is InChI=1S/C16H14N2O3/c1-20-14-7-12-13(17-10-18-16(12)19)8-15(14)21-9-11-5-3-2-4-6-11/h2-8,10H,9H2,1H3,(H,17,18,19)/i1D3. The Morgan fingerprint density at radius 3 is 2.90 bits per heavy atom. The summed E-state index contributed by atoms with van der Waals surface area (Å²) in [5.41, 5.74) is 0.918. The third-order valence-corrected chi connectivity index (χ3v) is 3.05. The molecular weight excluding hydrogens is 268 g/mol. The molecule has 5 nitrogen and oxygen atoms in total. The molecule has 3 aromatic rings. The van der Waals surface area contributed by atoms with Crippen molar-refractivity contribution in [2.24, 2.45) is 0 Å². The van der Waals surface area contributed by atoms with E-state index in [1.807, 2.05) is 30.3 Å². The van der Waals surface area contributed by atoms with Crippen LogP contribution in [0.5, 0.6) is 11.5 Å². The SMILES string of the molecule is [2H]C([2H])([2H])Oc1cc2c(=O)[nH]cnc2cc1OCc1ccccc1. The van der Waals surface area contributed by atoms with E-state index in [9.17, 15) is 4.79 Å². The molecule has 0 radical (unpaired) electrons. The Kier molecular flexibility index (Phi) is 2.69. The fraction of sp³-hybridized carbons (Fsp3) is 0.125. The predicted octanol–water partition coefficient (Wildman–Crippen LogP) is 2.51. The van der Waals surface area contributed by atoms with Gasteiger partial charge in [0.1, 0.15) is 6.61 Å². The van der Waals surface area contributed by atoms with E-state index in [-0.39, 0.29) is 29.1 Å². The number of H-pyrrole nitrogens is 1. The Hall–Kier alpha value is -2.82. The zero-order valence-corrected chi connectivity index (χ0v) is 11.0. The van der Waals surface area contributed by atoms with Gasteiger partial charge in [0.05, 0.1) is 28.4 Å². The second-order valence-electron chi connectivity index (χ2n) is 4.42. The number of aromatic nitrogens is 2. The molecule has 1 N–H and O–H groups in total. The van der Waals surface area contributed by atoms with Crippen molar-refractivity contribution in [2.45, 2.75) is 6.61 Å². The van der Waals surface area contributed by atoms with Gasteiger partial charge in [-0.25, -0.2) is 4.98 Å². The quantitative estimate of drug-likeness (QED) is 0.800. The number of benzene rings is 2. The summed E-state index contributed by atoms with van der Waals surface area (Å²) in [6.07, 6.45) is 1.27. The summed E-state index contributed by atoms with van der Waals surface area (Å²) in [4.78, 5) is 18.4. The van der Waals surface area contributed by atoms with Gasteiger partial charge < -0.3 is 14.5 Å². The number of hydrogen-bond acceptors (Lipinski definition) is 4. The van der Waals surface area contributed by atoms with Gasteiger partial charge in [-0.2, -0.15) is 0 Å². The Labute approximate surface area is 125 Å². The average Bonchev–Trinajstić information content (AvgIpc) is 2.53. The van der Waals surface area contributed by atoms with Crippen molar-refractivity contribution in [1.29, 1.82) is 0 Å². The highest BCUT2D eigenvalue weighted by molar-refractivity contribution is 5.81. The Morgan fingerprint density at radius 2 is 2.10 bits per heavy atom. The zero-order valence-electron chi connectivity index (χ0n) is 14.0. The summed E-state index contributed by atoms with van der Waals surface area (Å²) >= 11 is 0. The molecule has 5 heteroatoms. The number of hydrogen-bond donors (Lipinski definition) is 1. The topological polar surface area (TPSA) is 64.2 Å². The van der Waals surface area contributed by atoms with Crippen LogP contribution in [0, 0.1) is 0 Å². The van der Waals surface area contributed by atoms with Crippen LogP contribution in [0.1, 0.15) is 9.68 Å². The van der Waals surface area contributed by atoms with Crippen molar-refractivity contribution >= 4 is 10.9 Å². The van der Waals surface area contributed by atoms with Crippen molar-refractivity contribution in [3.05, 3.63) is 64.7 Å². The molecule has 0 atom stereocenters. The average molecular weight is 285 g/mol. The maximum atomic E-state index is 11.9. The number of aromatic amines is 1. The van der Waals surface area contributed by atoms with Crippen molar-refractivity contribution in [2.75, 3.05) is 7.04 Å². The van der Waals surface area contributed by atoms with E-state index in [1.54, 1.807) is 0 Å². The molecular formula is C16H14N2O3. The third-order valence-electron chi connectivity index (χ3n) is 3.05. The van der Waals surface area contributed by atoms with Crippen LogP contribution >= 0.6 is 0 Å². The second-order valence-corrected chi connectivity index (χ2v) is 4.42. The van der Waals surface area contributed by atoms with E-state index >= 15 is 0 Å². The van der Waals surface area contributed by atoms with Gasteiger partial charge >= 0.3 is 0 Å². The molecule has 0 amide bonds. The van der Waals surface area contributed by atoms with Crippen molar-refractivity contribution < 1.29 is 13.6 Å². The molecule has 0 spiro atoms. The van der Waals surface area contributed by atoms with E-state index in [1.165, 1.54) is 18.5 Å². The number of rotatable bonds is 4. The van der Waals surface area contributed by atoms with Crippen LogP contribution in [0.4, 0.5) is 0 Å². The van der Waals surface area contributed by atoms with Crippen molar-refractivity contribution in [3.8, 4) is 11.5 Å². The zero-order chi connectivity index (χ0) is 17.2. The molecule has 106 valence electrons. The first-order valence-corrected chi connectivity index (χ1v) is 6.29. The fourth-order valence-corrected chi connectivity index (χ4v) is 2.00. The van der Waals surface area contributed by atoms with Crippen LogP contribution < -0.4 is 15.0 Å². The molecule has 0 saturated carbocycles. The summed E-state index contributed by atoms with van der Waals surface area (Å²) in [7, 11) is -2.66. The number of methoxy groups -OCH3 is 1. The summed E-state index contributed by atoms with van der Waals surface area (Å²) in [6, 6.07) is 12.2. The minimum absolute atomic E-state index is 0.0306. The molecule has 0 aliphatic rings. The van der Waals surface area contributed by atoms with Crippen LogP contribution in [0.3, 0.4) is 0 Å².